The van der Waals surface area contributed by atoms with Crippen molar-refractivity contribution in [2.45, 2.75) is 32.4 Å². The standard InChI is InChI=1S/C14H16N4O4S/c1-8-5-15-13(23-8)17-11(19)10-6-16-14(21)18(12(10)20)7-9-3-2-4-22-9/h5-6,9H,2-4,7H2,1H3,(H,16,21)(H,15,17,19). The van der Waals surface area contributed by atoms with Crippen molar-refractivity contribution in [3.8, 4) is 0 Å². The van der Waals surface area contributed by atoms with E-state index in [1.807, 2.05) is 6.92 Å². The van der Waals surface area contributed by atoms with Crippen molar-refractivity contribution in [1.82, 2.24) is 14.5 Å². The molecule has 2 aromatic heterocycles. The SMILES string of the molecule is Cc1cnc(NC(=O)c2c[nH]c(=O)n(CC3CCCO3)c2=O)s1. The summed E-state index contributed by atoms with van der Waals surface area (Å²) in [4.78, 5) is 43.9. The molecule has 3 rings (SSSR count). The van der Waals surface area contributed by atoms with Gasteiger partial charge in [-0.2, -0.15) is 0 Å². The van der Waals surface area contributed by atoms with Crippen LogP contribution < -0.4 is 16.6 Å². The fraction of sp³-hybridized carbons (Fsp3) is 0.429. The second-order valence-corrected chi connectivity index (χ2v) is 6.52. The number of amides is 1. The Bertz CT molecular complexity index is 832. The van der Waals surface area contributed by atoms with E-state index < -0.39 is 17.2 Å². The number of aromatic amines is 1. The Labute approximate surface area is 135 Å². The molecule has 1 atom stereocenters. The van der Waals surface area contributed by atoms with Crippen molar-refractivity contribution in [2.24, 2.45) is 0 Å². The van der Waals surface area contributed by atoms with Gasteiger partial charge in [0.25, 0.3) is 11.5 Å². The summed E-state index contributed by atoms with van der Waals surface area (Å²) >= 11 is 1.31. The number of carbonyl (C=O) groups excluding carboxylic acids is 1. The van der Waals surface area contributed by atoms with E-state index in [1.54, 1.807) is 6.20 Å². The van der Waals surface area contributed by atoms with Crippen molar-refractivity contribution in [2.75, 3.05) is 11.9 Å². The van der Waals surface area contributed by atoms with Crippen molar-refractivity contribution in [3.05, 3.63) is 43.7 Å². The van der Waals surface area contributed by atoms with E-state index in [2.05, 4.69) is 15.3 Å². The zero-order chi connectivity index (χ0) is 16.4. The van der Waals surface area contributed by atoms with Gasteiger partial charge in [-0.15, -0.1) is 11.3 Å². The van der Waals surface area contributed by atoms with E-state index in [-0.39, 0.29) is 18.2 Å². The summed E-state index contributed by atoms with van der Waals surface area (Å²) in [7, 11) is 0. The number of H-pyrrole nitrogens is 1. The average molecular weight is 336 g/mol. The summed E-state index contributed by atoms with van der Waals surface area (Å²) in [6.45, 7) is 2.63. The molecule has 0 saturated carbocycles. The van der Waals surface area contributed by atoms with Gasteiger partial charge >= 0.3 is 5.69 Å². The summed E-state index contributed by atoms with van der Waals surface area (Å²) in [6.07, 6.45) is 4.28. The van der Waals surface area contributed by atoms with E-state index >= 15 is 0 Å². The molecule has 122 valence electrons. The summed E-state index contributed by atoms with van der Waals surface area (Å²) < 4.78 is 6.46. The highest BCUT2D eigenvalue weighted by atomic mass is 32.1. The number of hydrogen-bond acceptors (Lipinski definition) is 6. The minimum Gasteiger partial charge on any atom is -0.376 e. The third kappa shape index (κ3) is 3.40. The number of anilines is 1. The Morgan fingerprint density at radius 3 is 3.04 bits per heavy atom. The molecule has 2 aromatic rings. The molecule has 0 aromatic carbocycles. The molecule has 9 heteroatoms. The number of nitrogens with zero attached hydrogens (tertiary/aromatic N) is 2. The van der Waals surface area contributed by atoms with Gasteiger partial charge in [-0.05, 0) is 19.8 Å². The van der Waals surface area contributed by atoms with Crippen LogP contribution in [0.2, 0.25) is 0 Å². The fourth-order valence-electron chi connectivity index (χ4n) is 2.41. The molecule has 1 amide bonds. The molecule has 0 bridgehead atoms. The molecule has 8 nitrogen and oxygen atoms in total. The molecule has 2 N–H and O–H groups in total. The number of nitrogens with one attached hydrogen (secondary N) is 2. The maximum atomic E-state index is 12.4. The van der Waals surface area contributed by atoms with Gasteiger partial charge in [0.05, 0.1) is 12.6 Å². The van der Waals surface area contributed by atoms with Crippen LogP contribution in [0.3, 0.4) is 0 Å². The number of rotatable bonds is 4. The molecule has 0 aliphatic carbocycles. The highest BCUT2D eigenvalue weighted by molar-refractivity contribution is 7.15. The molecule has 3 heterocycles. The number of thiazole rings is 1. The smallest absolute Gasteiger partial charge is 0.328 e. The minimum atomic E-state index is -0.630. The number of aryl methyl sites for hydroxylation is 1. The van der Waals surface area contributed by atoms with Crippen LogP contribution in [0.25, 0.3) is 0 Å². The van der Waals surface area contributed by atoms with Crippen LogP contribution >= 0.6 is 11.3 Å². The molecule has 1 aliphatic heterocycles. The van der Waals surface area contributed by atoms with Gasteiger partial charge in [-0.25, -0.2) is 9.78 Å². The number of ether oxygens (including phenoxy) is 1. The van der Waals surface area contributed by atoms with Gasteiger partial charge in [-0.1, -0.05) is 0 Å². The maximum absolute atomic E-state index is 12.4. The number of hydrogen-bond donors (Lipinski definition) is 2. The van der Waals surface area contributed by atoms with E-state index in [0.29, 0.717) is 11.7 Å². The average Bonchev–Trinajstić information content (AvgIpc) is 3.15. The van der Waals surface area contributed by atoms with Gasteiger partial charge in [-0.3, -0.25) is 19.5 Å². The van der Waals surface area contributed by atoms with E-state index in [4.69, 9.17) is 4.74 Å². The second-order valence-electron chi connectivity index (χ2n) is 5.29. The largest absolute Gasteiger partial charge is 0.376 e. The molecule has 0 radical (unpaired) electrons. The normalized spacial score (nSPS) is 17.3. The Kier molecular flexibility index (Phi) is 4.39. The van der Waals surface area contributed by atoms with Gasteiger partial charge in [0.2, 0.25) is 0 Å². The topological polar surface area (TPSA) is 106 Å². The van der Waals surface area contributed by atoms with Crippen molar-refractivity contribution < 1.29 is 9.53 Å². The van der Waals surface area contributed by atoms with Crippen LogP contribution in [0.5, 0.6) is 0 Å². The van der Waals surface area contributed by atoms with Crippen LogP contribution in [0, 0.1) is 6.92 Å². The third-order valence-corrected chi connectivity index (χ3v) is 4.39. The highest BCUT2D eigenvalue weighted by Crippen LogP contribution is 2.17. The summed E-state index contributed by atoms with van der Waals surface area (Å²) in [6, 6.07) is 0. The Hall–Kier alpha value is -2.26. The molecule has 1 fully saturated rings. The highest BCUT2D eigenvalue weighted by Gasteiger charge is 2.21. The third-order valence-electron chi connectivity index (χ3n) is 3.56. The van der Waals surface area contributed by atoms with Crippen LogP contribution in [-0.4, -0.2) is 33.2 Å². The summed E-state index contributed by atoms with van der Waals surface area (Å²) in [5.74, 6) is -0.596. The van der Waals surface area contributed by atoms with Crippen molar-refractivity contribution in [1.29, 1.82) is 0 Å². The Balaban J connectivity index is 1.85. The lowest BCUT2D eigenvalue weighted by atomic mass is 10.2. The van der Waals surface area contributed by atoms with Crippen molar-refractivity contribution >= 4 is 22.4 Å². The lowest BCUT2D eigenvalue weighted by Gasteiger charge is -2.11. The first-order valence-electron chi connectivity index (χ1n) is 7.22. The number of aromatic nitrogens is 3. The molecule has 1 unspecified atom stereocenters. The van der Waals surface area contributed by atoms with Crippen molar-refractivity contribution in [3.63, 3.8) is 0 Å². The van der Waals surface area contributed by atoms with Gasteiger partial charge < -0.3 is 9.72 Å². The minimum absolute atomic E-state index is 0.129. The maximum Gasteiger partial charge on any atom is 0.328 e. The van der Waals surface area contributed by atoms with E-state index in [1.165, 1.54) is 11.3 Å². The molecular weight excluding hydrogens is 320 g/mol. The predicted molar refractivity (Wildman–Crippen MR) is 85.1 cm³/mol. The molecular formula is C14H16N4O4S. The number of carbonyl (C=O) groups is 1. The van der Waals surface area contributed by atoms with Gasteiger partial charge in [0.1, 0.15) is 5.56 Å². The molecule has 1 saturated heterocycles. The van der Waals surface area contributed by atoms with Crippen LogP contribution in [0.1, 0.15) is 28.1 Å². The molecule has 23 heavy (non-hydrogen) atoms. The first-order valence-corrected chi connectivity index (χ1v) is 8.04. The Morgan fingerprint density at radius 2 is 2.39 bits per heavy atom. The zero-order valence-electron chi connectivity index (χ0n) is 12.5. The van der Waals surface area contributed by atoms with Crippen LogP contribution in [0.4, 0.5) is 5.13 Å². The lowest BCUT2D eigenvalue weighted by molar-refractivity contribution is 0.0941. The summed E-state index contributed by atoms with van der Waals surface area (Å²) in [5.41, 5.74) is -1.31. The van der Waals surface area contributed by atoms with Crippen LogP contribution in [0.15, 0.2) is 22.0 Å². The van der Waals surface area contributed by atoms with E-state index in [0.717, 1.165) is 28.5 Å². The van der Waals surface area contributed by atoms with Gasteiger partial charge in [0.15, 0.2) is 5.13 Å². The van der Waals surface area contributed by atoms with Crippen LogP contribution in [-0.2, 0) is 11.3 Å². The summed E-state index contributed by atoms with van der Waals surface area (Å²) in [5, 5.41) is 2.97. The molecule has 1 aliphatic rings. The first-order chi connectivity index (χ1) is 11.0. The van der Waals surface area contributed by atoms with E-state index in [9.17, 15) is 14.4 Å². The zero-order valence-corrected chi connectivity index (χ0v) is 13.3. The first kappa shape index (κ1) is 15.6. The Morgan fingerprint density at radius 1 is 1.57 bits per heavy atom. The monoisotopic (exact) mass is 336 g/mol. The molecule has 0 spiro atoms. The van der Waals surface area contributed by atoms with Gasteiger partial charge in [0, 0.05) is 23.9 Å². The predicted octanol–water partition coefficient (Wildman–Crippen LogP) is 0.733. The fourth-order valence-corrected chi connectivity index (χ4v) is 3.07. The lowest BCUT2D eigenvalue weighted by Crippen LogP contribution is -2.41. The second kappa shape index (κ2) is 6.47. The quantitative estimate of drug-likeness (QED) is 0.856.